The van der Waals surface area contributed by atoms with Crippen LogP contribution >= 0.6 is 0 Å². The Bertz CT molecular complexity index is 107. The molecule has 0 aliphatic rings. The third-order valence-corrected chi connectivity index (χ3v) is 1.69. The fourth-order valence-electron chi connectivity index (χ4n) is 0.532. The van der Waals surface area contributed by atoms with Crippen molar-refractivity contribution in [1.82, 2.24) is 0 Å². The number of aliphatic hydroxyl groups is 1. The van der Waals surface area contributed by atoms with Crippen molar-refractivity contribution in [2.45, 2.75) is 27.0 Å². The van der Waals surface area contributed by atoms with Crippen LogP contribution in [0, 0.1) is 5.92 Å². The Labute approximate surface area is 56.4 Å². The van der Waals surface area contributed by atoms with Crippen molar-refractivity contribution in [3.8, 4) is 0 Å². The molecule has 0 spiro atoms. The number of aliphatic hydroxyl groups excluding tert-OH is 1. The van der Waals surface area contributed by atoms with Crippen LogP contribution in [-0.2, 0) is 0 Å². The van der Waals surface area contributed by atoms with Crippen molar-refractivity contribution < 1.29 is 5.11 Å². The normalized spacial score (nSPS) is 19.4. The summed E-state index contributed by atoms with van der Waals surface area (Å²) in [5.74, 6) is 0.0787. The standard InChI is InChI=1S/C7H15NO/c1-4-5(2)6(3)7(8)9/h4,6-7,9H,8H2,1-3H3. The van der Waals surface area contributed by atoms with Crippen molar-refractivity contribution in [3.05, 3.63) is 11.6 Å². The summed E-state index contributed by atoms with van der Waals surface area (Å²) in [4.78, 5) is 0. The van der Waals surface area contributed by atoms with Gasteiger partial charge in [0, 0.05) is 5.92 Å². The van der Waals surface area contributed by atoms with Crippen LogP contribution in [-0.4, -0.2) is 11.3 Å². The maximum atomic E-state index is 8.86. The van der Waals surface area contributed by atoms with Gasteiger partial charge in [-0.3, -0.25) is 0 Å². The Morgan fingerprint density at radius 2 is 2.11 bits per heavy atom. The summed E-state index contributed by atoms with van der Waals surface area (Å²) in [6, 6.07) is 0. The third-order valence-electron chi connectivity index (χ3n) is 1.69. The molecule has 0 amide bonds. The molecule has 0 saturated heterocycles. The first-order valence-corrected chi connectivity index (χ1v) is 3.16. The van der Waals surface area contributed by atoms with Gasteiger partial charge in [-0.15, -0.1) is 0 Å². The number of hydrogen-bond acceptors (Lipinski definition) is 2. The zero-order valence-corrected chi connectivity index (χ0v) is 6.26. The van der Waals surface area contributed by atoms with E-state index >= 15 is 0 Å². The summed E-state index contributed by atoms with van der Waals surface area (Å²) < 4.78 is 0. The van der Waals surface area contributed by atoms with Crippen LogP contribution in [0.1, 0.15) is 20.8 Å². The van der Waals surface area contributed by atoms with Crippen molar-refractivity contribution in [3.63, 3.8) is 0 Å². The minimum absolute atomic E-state index is 0.0787. The molecule has 0 aromatic carbocycles. The van der Waals surface area contributed by atoms with Gasteiger partial charge in [0.05, 0.1) is 0 Å². The lowest BCUT2D eigenvalue weighted by atomic mass is 10.0. The topological polar surface area (TPSA) is 46.2 Å². The molecule has 2 heteroatoms. The van der Waals surface area contributed by atoms with Crippen LogP contribution in [0.2, 0.25) is 0 Å². The lowest BCUT2D eigenvalue weighted by Crippen LogP contribution is -2.27. The Balaban J connectivity index is 3.88. The van der Waals surface area contributed by atoms with Crippen LogP contribution in [0.5, 0.6) is 0 Å². The van der Waals surface area contributed by atoms with E-state index in [4.69, 9.17) is 10.8 Å². The summed E-state index contributed by atoms with van der Waals surface area (Å²) in [5, 5.41) is 8.86. The fourth-order valence-corrected chi connectivity index (χ4v) is 0.532. The average molecular weight is 129 g/mol. The lowest BCUT2D eigenvalue weighted by molar-refractivity contribution is 0.140. The molecule has 3 N–H and O–H groups in total. The SMILES string of the molecule is CC=C(C)C(C)C(N)O. The molecular formula is C7H15NO. The molecule has 0 fully saturated rings. The third kappa shape index (κ3) is 2.63. The fraction of sp³-hybridized carbons (Fsp3) is 0.714. The van der Waals surface area contributed by atoms with Crippen molar-refractivity contribution in [1.29, 1.82) is 0 Å². The highest BCUT2D eigenvalue weighted by Gasteiger charge is 2.08. The number of rotatable bonds is 2. The van der Waals surface area contributed by atoms with E-state index in [-0.39, 0.29) is 5.92 Å². The van der Waals surface area contributed by atoms with Gasteiger partial charge in [-0.1, -0.05) is 18.6 Å². The van der Waals surface area contributed by atoms with E-state index in [1.165, 1.54) is 0 Å². The van der Waals surface area contributed by atoms with E-state index in [0.717, 1.165) is 5.57 Å². The van der Waals surface area contributed by atoms with E-state index < -0.39 is 6.23 Å². The highest BCUT2D eigenvalue weighted by Crippen LogP contribution is 2.09. The van der Waals surface area contributed by atoms with Crippen molar-refractivity contribution in [2.75, 3.05) is 0 Å². The quantitative estimate of drug-likeness (QED) is 0.429. The zero-order chi connectivity index (χ0) is 7.44. The molecule has 2 nitrogen and oxygen atoms in total. The molecule has 0 radical (unpaired) electrons. The molecule has 0 heterocycles. The summed E-state index contributed by atoms with van der Waals surface area (Å²) in [6.45, 7) is 5.80. The van der Waals surface area contributed by atoms with E-state index in [1.54, 1.807) is 0 Å². The van der Waals surface area contributed by atoms with E-state index in [2.05, 4.69) is 0 Å². The molecular weight excluding hydrogens is 114 g/mol. The second kappa shape index (κ2) is 3.64. The first-order valence-electron chi connectivity index (χ1n) is 3.16. The highest BCUT2D eigenvalue weighted by atomic mass is 16.3. The zero-order valence-electron chi connectivity index (χ0n) is 6.26. The first kappa shape index (κ1) is 8.66. The molecule has 2 unspecified atom stereocenters. The second-order valence-electron chi connectivity index (χ2n) is 2.31. The van der Waals surface area contributed by atoms with Gasteiger partial charge in [0.1, 0.15) is 6.23 Å². The van der Waals surface area contributed by atoms with Crippen LogP contribution in [0.25, 0.3) is 0 Å². The molecule has 0 bridgehead atoms. The second-order valence-corrected chi connectivity index (χ2v) is 2.31. The summed E-state index contributed by atoms with van der Waals surface area (Å²) in [7, 11) is 0. The van der Waals surface area contributed by atoms with E-state index in [0.29, 0.717) is 0 Å². The molecule has 9 heavy (non-hydrogen) atoms. The average Bonchev–Trinajstić information content (AvgIpc) is 1.84. The Morgan fingerprint density at radius 1 is 1.67 bits per heavy atom. The monoisotopic (exact) mass is 129 g/mol. The lowest BCUT2D eigenvalue weighted by Gasteiger charge is -2.14. The van der Waals surface area contributed by atoms with Gasteiger partial charge in [-0.25, -0.2) is 0 Å². The molecule has 2 atom stereocenters. The largest absolute Gasteiger partial charge is 0.378 e. The van der Waals surface area contributed by atoms with Crippen LogP contribution in [0.15, 0.2) is 11.6 Å². The summed E-state index contributed by atoms with van der Waals surface area (Å²) in [6.07, 6.45) is 1.24. The molecule has 54 valence electrons. The van der Waals surface area contributed by atoms with E-state index in [1.807, 2.05) is 26.8 Å². The molecule has 0 rings (SSSR count). The molecule has 0 aliphatic heterocycles. The van der Waals surface area contributed by atoms with E-state index in [9.17, 15) is 0 Å². The van der Waals surface area contributed by atoms with Crippen molar-refractivity contribution >= 4 is 0 Å². The van der Waals surface area contributed by atoms with Crippen LogP contribution in [0.4, 0.5) is 0 Å². The molecule has 0 aromatic heterocycles. The predicted octanol–water partition coefficient (Wildman–Crippen LogP) is 0.866. The first-order chi connectivity index (χ1) is 4.09. The Morgan fingerprint density at radius 3 is 2.22 bits per heavy atom. The number of nitrogens with two attached hydrogens (primary N) is 1. The van der Waals surface area contributed by atoms with Gasteiger partial charge in [0.15, 0.2) is 0 Å². The molecule has 0 aliphatic carbocycles. The minimum atomic E-state index is -0.721. The Kier molecular flexibility index (Phi) is 3.50. The minimum Gasteiger partial charge on any atom is -0.378 e. The van der Waals surface area contributed by atoms with Gasteiger partial charge in [0.25, 0.3) is 0 Å². The number of hydrogen-bond donors (Lipinski definition) is 2. The van der Waals surface area contributed by atoms with Gasteiger partial charge < -0.3 is 10.8 Å². The van der Waals surface area contributed by atoms with Crippen LogP contribution < -0.4 is 5.73 Å². The maximum Gasteiger partial charge on any atom is 0.108 e. The molecule has 0 aromatic rings. The van der Waals surface area contributed by atoms with Crippen molar-refractivity contribution in [2.24, 2.45) is 11.7 Å². The van der Waals surface area contributed by atoms with Gasteiger partial charge >= 0.3 is 0 Å². The summed E-state index contributed by atoms with van der Waals surface area (Å²) in [5.41, 5.74) is 6.36. The highest BCUT2D eigenvalue weighted by molar-refractivity contribution is 5.01. The summed E-state index contributed by atoms with van der Waals surface area (Å²) >= 11 is 0. The predicted molar refractivity (Wildman–Crippen MR) is 38.8 cm³/mol. The maximum absolute atomic E-state index is 8.86. The number of allylic oxidation sites excluding steroid dienone is 1. The van der Waals surface area contributed by atoms with Gasteiger partial charge in [-0.05, 0) is 13.8 Å². The van der Waals surface area contributed by atoms with Crippen LogP contribution in [0.3, 0.4) is 0 Å². The Hall–Kier alpha value is -0.340. The molecule has 0 saturated carbocycles. The van der Waals surface area contributed by atoms with Gasteiger partial charge in [-0.2, -0.15) is 0 Å². The van der Waals surface area contributed by atoms with Gasteiger partial charge in [0.2, 0.25) is 0 Å². The smallest absolute Gasteiger partial charge is 0.108 e.